The normalized spacial score (nSPS) is 16.6. The van der Waals surface area contributed by atoms with Gasteiger partial charge in [-0.1, -0.05) is 29.8 Å². The molecule has 1 aliphatic heterocycles. The van der Waals surface area contributed by atoms with Crippen LogP contribution in [0.2, 0.25) is 0 Å². The molecule has 0 unspecified atom stereocenters. The summed E-state index contributed by atoms with van der Waals surface area (Å²) in [4.78, 5) is 12.2. The Bertz CT molecular complexity index is 897. The summed E-state index contributed by atoms with van der Waals surface area (Å²) in [5.41, 5.74) is 3.96. The van der Waals surface area contributed by atoms with Crippen molar-refractivity contribution in [1.82, 2.24) is 9.78 Å². The lowest BCUT2D eigenvalue weighted by molar-refractivity contribution is -0.116. The highest BCUT2D eigenvalue weighted by atomic mass is 19.1. The SMILES string of the molecule is Cc1ccc([C@H]2CC(=O)Nc3c2cnn3-c2ccc(F)cc2)cc1. The maximum atomic E-state index is 13.1. The first-order chi connectivity index (χ1) is 11.6. The van der Waals surface area contributed by atoms with E-state index in [9.17, 15) is 9.18 Å². The molecular weight excluding hydrogens is 305 g/mol. The molecule has 120 valence electrons. The van der Waals surface area contributed by atoms with Crippen LogP contribution in [0.5, 0.6) is 0 Å². The number of halogens is 1. The second-order valence-corrected chi connectivity index (χ2v) is 6.05. The first-order valence-corrected chi connectivity index (χ1v) is 7.82. The zero-order chi connectivity index (χ0) is 16.7. The van der Waals surface area contributed by atoms with Gasteiger partial charge in [0, 0.05) is 17.9 Å². The molecule has 1 amide bonds. The van der Waals surface area contributed by atoms with Crippen molar-refractivity contribution in [3.05, 3.63) is 77.2 Å². The van der Waals surface area contributed by atoms with E-state index in [4.69, 9.17) is 0 Å². The van der Waals surface area contributed by atoms with Crippen molar-refractivity contribution >= 4 is 11.7 Å². The van der Waals surface area contributed by atoms with Crippen molar-refractivity contribution in [2.45, 2.75) is 19.3 Å². The molecule has 4 rings (SSSR count). The van der Waals surface area contributed by atoms with Crippen LogP contribution in [0.3, 0.4) is 0 Å². The van der Waals surface area contributed by atoms with Gasteiger partial charge in [-0.25, -0.2) is 9.07 Å². The Morgan fingerprint density at radius 1 is 1.12 bits per heavy atom. The lowest BCUT2D eigenvalue weighted by Gasteiger charge is -2.24. The second-order valence-electron chi connectivity index (χ2n) is 6.05. The summed E-state index contributed by atoms with van der Waals surface area (Å²) in [5, 5.41) is 7.31. The number of benzene rings is 2. The molecule has 0 saturated heterocycles. The number of aromatic nitrogens is 2. The molecule has 1 aromatic heterocycles. The van der Waals surface area contributed by atoms with Crippen molar-refractivity contribution in [2.75, 3.05) is 5.32 Å². The lowest BCUT2D eigenvalue weighted by atomic mass is 9.87. The number of rotatable bonds is 2. The summed E-state index contributed by atoms with van der Waals surface area (Å²) < 4.78 is 14.8. The smallest absolute Gasteiger partial charge is 0.226 e. The van der Waals surface area contributed by atoms with Crippen molar-refractivity contribution in [1.29, 1.82) is 0 Å². The number of nitrogens with one attached hydrogen (secondary N) is 1. The van der Waals surface area contributed by atoms with Crippen LogP contribution >= 0.6 is 0 Å². The number of amides is 1. The molecule has 4 nitrogen and oxygen atoms in total. The molecule has 5 heteroatoms. The van der Waals surface area contributed by atoms with Crippen LogP contribution < -0.4 is 5.32 Å². The Balaban J connectivity index is 1.80. The molecular formula is C19H16FN3O. The number of aryl methyl sites for hydroxylation is 1. The molecule has 1 atom stereocenters. The summed E-state index contributed by atoms with van der Waals surface area (Å²) >= 11 is 0. The Labute approximate surface area is 138 Å². The molecule has 1 N–H and O–H groups in total. The van der Waals surface area contributed by atoms with Crippen molar-refractivity contribution < 1.29 is 9.18 Å². The van der Waals surface area contributed by atoms with Gasteiger partial charge in [0.1, 0.15) is 11.6 Å². The van der Waals surface area contributed by atoms with Gasteiger partial charge >= 0.3 is 0 Å². The average molecular weight is 321 g/mol. The average Bonchev–Trinajstić information content (AvgIpc) is 2.99. The zero-order valence-electron chi connectivity index (χ0n) is 13.2. The summed E-state index contributed by atoms with van der Waals surface area (Å²) in [7, 11) is 0. The van der Waals surface area contributed by atoms with Crippen LogP contribution in [0.25, 0.3) is 5.69 Å². The van der Waals surface area contributed by atoms with Crippen LogP contribution in [0.15, 0.2) is 54.7 Å². The predicted molar refractivity (Wildman–Crippen MR) is 89.8 cm³/mol. The first kappa shape index (κ1) is 14.6. The van der Waals surface area contributed by atoms with Gasteiger partial charge < -0.3 is 5.32 Å². The van der Waals surface area contributed by atoms with Crippen molar-refractivity contribution in [2.24, 2.45) is 0 Å². The van der Waals surface area contributed by atoms with E-state index in [2.05, 4.69) is 22.5 Å². The van der Waals surface area contributed by atoms with E-state index < -0.39 is 0 Å². The molecule has 0 bridgehead atoms. The van der Waals surface area contributed by atoms with Gasteiger partial charge in [0.25, 0.3) is 0 Å². The highest BCUT2D eigenvalue weighted by Crippen LogP contribution is 2.38. The molecule has 2 aromatic carbocycles. The predicted octanol–water partition coefficient (Wildman–Crippen LogP) is 3.79. The van der Waals surface area contributed by atoms with E-state index in [1.807, 2.05) is 19.1 Å². The van der Waals surface area contributed by atoms with E-state index in [1.54, 1.807) is 23.0 Å². The number of carbonyl (C=O) groups is 1. The standard InChI is InChI=1S/C19H16FN3O/c1-12-2-4-13(5-3-12)16-10-18(24)22-19-17(16)11-21-23(19)15-8-6-14(20)7-9-15/h2-9,11,16H,10H2,1H3,(H,22,24)/t16-/m1/s1. The third-order valence-corrected chi connectivity index (χ3v) is 4.37. The van der Waals surface area contributed by atoms with Crippen LogP contribution in [0, 0.1) is 12.7 Å². The minimum absolute atomic E-state index is 0.0245. The second kappa shape index (κ2) is 5.60. The van der Waals surface area contributed by atoms with Crippen LogP contribution in [0.4, 0.5) is 10.2 Å². The summed E-state index contributed by atoms with van der Waals surface area (Å²) in [6.45, 7) is 2.04. The third kappa shape index (κ3) is 2.48. The quantitative estimate of drug-likeness (QED) is 0.780. The third-order valence-electron chi connectivity index (χ3n) is 4.37. The minimum Gasteiger partial charge on any atom is -0.310 e. The van der Waals surface area contributed by atoms with E-state index in [0.717, 1.165) is 11.1 Å². The molecule has 24 heavy (non-hydrogen) atoms. The molecule has 0 aliphatic carbocycles. The van der Waals surface area contributed by atoms with Crippen LogP contribution in [-0.4, -0.2) is 15.7 Å². The van der Waals surface area contributed by atoms with E-state index >= 15 is 0 Å². The fraction of sp³-hybridized carbons (Fsp3) is 0.158. The van der Waals surface area contributed by atoms with E-state index in [-0.39, 0.29) is 17.6 Å². The van der Waals surface area contributed by atoms with Gasteiger partial charge in [-0.2, -0.15) is 5.10 Å². The van der Waals surface area contributed by atoms with Gasteiger partial charge in [0.2, 0.25) is 5.91 Å². The minimum atomic E-state index is -0.304. The summed E-state index contributed by atoms with van der Waals surface area (Å²) in [5.74, 6) is 0.283. The van der Waals surface area contributed by atoms with Gasteiger partial charge in [0.05, 0.1) is 11.9 Å². The Hall–Kier alpha value is -2.95. The van der Waals surface area contributed by atoms with E-state index in [1.165, 1.54) is 17.7 Å². The Morgan fingerprint density at radius 3 is 2.54 bits per heavy atom. The monoisotopic (exact) mass is 321 g/mol. The molecule has 0 radical (unpaired) electrons. The molecule has 3 aromatic rings. The zero-order valence-corrected chi connectivity index (χ0v) is 13.2. The molecule has 0 spiro atoms. The van der Waals surface area contributed by atoms with Gasteiger partial charge in [0.15, 0.2) is 0 Å². The summed E-state index contributed by atoms with van der Waals surface area (Å²) in [6.07, 6.45) is 2.17. The van der Waals surface area contributed by atoms with Gasteiger partial charge in [-0.05, 0) is 36.8 Å². The topological polar surface area (TPSA) is 46.9 Å². The maximum absolute atomic E-state index is 13.1. The number of hydrogen-bond donors (Lipinski definition) is 1. The Kier molecular flexibility index (Phi) is 3.41. The largest absolute Gasteiger partial charge is 0.310 e. The Morgan fingerprint density at radius 2 is 1.83 bits per heavy atom. The van der Waals surface area contributed by atoms with Crippen LogP contribution in [-0.2, 0) is 4.79 Å². The molecule has 1 aliphatic rings. The molecule has 2 heterocycles. The number of carbonyl (C=O) groups excluding carboxylic acids is 1. The maximum Gasteiger partial charge on any atom is 0.226 e. The van der Waals surface area contributed by atoms with Crippen molar-refractivity contribution in [3.8, 4) is 5.69 Å². The van der Waals surface area contributed by atoms with Crippen LogP contribution in [0.1, 0.15) is 29.0 Å². The highest BCUT2D eigenvalue weighted by molar-refractivity contribution is 5.94. The van der Waals surface area contributed by atoms with Gasteiger partial charge in [-0.15, -0.1) is 0 Å². The number of anilines is 1. The molecule has 0 fully saturated rings. The van der Waals surface area contributed by atoms with Crippen molar-refractivity contribution in [3.63, 3.8) is 0 Å². The fourth-order valence-electron chi connectivity index (χ4n) is 3.09. The number of hydrogen-bond acceptors (Lipinski definition) is 2. The lowest BCUT2D eigenvalue weighted by Crippen LogP contribution is -2.24. The number of nitrogens with zero attached hydrogens (tertiary/aromatic N) is 2. The van der Waals surface area contributed by atoms with E-state index in [0.29, 0.717) is 17.9 Å². The fourth-order valence-corrected chi connectivity index (χ4v) is 3.09. The molecule has 0 saturated carbocycles. The van der Waals surface area contributed by atoms with Gasteiger partial charge in [-0.3, -0.25) is 4.79 Å². The first-order valence-electron chi connectivity index (χ1n) is 7.82. The number of fused-ring (bicyclic) bond motifs is 1. The highest BCUT2D eigenvalue weighted by Gasteiger charge is 2.30. The summed E-state index contributed by atoms with van der Waals surface area (Å²) in [6, 6.07) is 14.2.